The van der Waals surface area contributed by atoms with Crippen molar-refractivity contribution in [3.05, 3.63) is 22.5 Å². The van der Waals surface area contributed by atoms with E-state index in [0.29, 0.717) is 13.1 Å². The lowest BCUT2D eigenvalue weighted by Gasteiger charge is -2.04. The molecule has 0 saturated carbocycles. The summed E-state index contributed by atoms with van der Waals surface area (Å²) in [6.07, 6.45) is 3.62. The fourth-order valence-corrected chi connectivity index (χ4v) is 1.37. The zero-order chi connectivity index (χ0) is 13.4. The quantitative estimate of drug-likeness (QED) is 0.384. The van der Waals surface area contributed by atoms with E-state index in [4.69, 9.17) is 0 Å². The molecule has 0 radical (unpaired) electrons. The highest BCUT2D eigenvalue weighted by Crippen LogP contribution is 2.07. The van der Waals surface area contributed by atoms with Crippen LogP contribution in [0.4, 0.5) is 5.69 Å². The van der Waals surface area contributed by atoms with Crippen LogP contribution in [0.25, 0.3) is 0 Å². The van der Waals surface area contributed by atoms with Gasteiger partial charge in [0, 0.05) is 19.5 Å². The molecule has 0 bridgehead atoms. The number of amides is 1. The fraction of sp³-hybridized carbons (Fsp3) is 0.600. The first-order chi connectivity index (χ1) is 8.63. The maximum absolute atomic E-state index is 11.4. The van der Waals surface area contributed by atoms with Crippen LogP contribution in [0.15, 0.2) is 12.4 Å². The van der Waals surface area contributed by atoms with Gasteiger partial charge < -0.3 is 10.6 Å². The van der Waals surface area contributed by atoms with Crippen LogP contribution in [-0.2, 0) is 11.3 Å². The van der Waals surface area contributed by atoms with Crippen molar-refractivity contribution < 1.29 is 9.72 Å². The molecule has 0 spiro atoms. The number of aromatic nitrogens is 2. The maximum Gasteiger partial charge on any atom is 0.306 e. The second-order valence-corrected chi connectivity index (χ2v) is 3.78. The molecular weight excluding hydrogens is 238 g/mol. The second-order valence-electron chi connectivity index (χ2n) is 3.78. The van der Waals surface area contributed by atoms with Gasteiger partial charge in [-0.25, -0.2) is 0 Å². The molecule has 0 aliphatic heterocycles. The van der Waals surface area contributed by atoms with E-state index in [9.17, 15) is 14.9 Å². The van der Waals surface area contributed by atoms with Crippen molar-refractivity contribution >= 4 is 11.6 Å². The number of hydrogen-bond acceptors (Lipinski definition) is 5. The lowest BCUT2D eigenvalue weighted by atomic mass is 10.3. The van der Waals surface area contributed by atoms with Crippen molar-refractivity contribution in [3.8, 4) is 0 Å². The van der Waals surface area contributed by atoms with Gasteiger partial charge in [-0.2, -0.15) is 5.10 Å². The van der Waals surface area contributed by atoms with E-state index < -0.39 is 4.92 Å². The maximum atomic E-state index is 11.4. The minimum atomic E-state index is -0.513. The Hall–Kier alpha value is -1.96. The van der Waals surface area contributed by atoms with E-state index in [1.165, 1.54) is 17.1 Å². The van der Waals surface area contributed by atoms with Crippen LogP contribution in [0.3, 0.4) is 0 Å². The fourth-order valence-electron chi connectivity index (χ4n) is 1.37. The van der Waals surface area contributed by atoms with E-state index in [2.05, 4.69) is 15.7 Å². The molecule has 8 heteroatoms. The van der Waals surface area contributed by atoms with Gasteiger partial charge in [-0.1, -0.05) is 0 Å². The third-order valence-corrected chi connectivity index (χ3v) is 2.32. The van der Waals surface area contributed by atoms with E-state index >= 15 is 0 Å². The summed E-state index contributed by atoms with van der Waals surface area (Å²) in [5, 5.41) is 20.0. The molecule has 1 rings (SSSR count). The van der Waals surface area contributed by atoms with Crippen molar-refractivity contribution in [2.45, 2.75) is 19.4 Å². The molecule has 100 valence electrons. The monoisotopic (exact) mass is 255 g/mol. The number of hydrogen-bond donors (Lipinski definition) is 2. The molecule has 18 heavy (non-hydrogen) atoms. The van der Waals surface area contributed by atoms with Crippen LogP contribution in [0.5, 0.6) is 0 Å². The summed E-state index contributed by atoms with van der Waals surface area (Å²) in [4.78, 5) is 21.3. The normalized spacial score (nSPS) is 10.3. The average molecular weight is 255 g/mol. The molecule has 0 aliphatic rings. The van der Waals surface area contributed by atoms with Crippen molar-refractivity contribution in [2.24, 2.45) is 0 Å². The number of rotatable bonds is 8. The van der Waals surface area contributed by atoms with Crippen LogP contribution in [-0.4, -0.2) is 40.7 Å². The highest BCUT2D eigenvalue weighted by molar-refractivity contribution is 5.75. The van der Waals surface area contributed by atoms with Gasteiger partial charge in [-0.3, -0.25) is 19.6 Å². The Morgan fingerprint density at radius 3 is 2.94 bits per heavy atom. The molecule has 8 nitrogen and oxygen atoms in total. The Labute approximate surface area is 105 Å². The van der Waals surface area contributed by atoms with Gasteiger partial charge in [-0.15, -0.1) is 0 Å². The van der Waals surface area contributed by atoms with Crippen molar-refractivity contribution in [2.75, 3.05) is 20.1 Å². The Kier molecular flexibility index (Phi) is 5.78. The van der Waals surface area contributed by atoms with Crippen LogP contribution < -0.4 is 10.6 Å². The summed E-state index contributed by atoms with van der Waals surface area (Å²) in [5.74, 6) is -0.0794. The summed E-state index contributed by atoms with van der Waals surface area (Å²) in [6.45, 7) is 1.82. The predicted octanol–water partition coefficient (Wildman–Crippen LogP) is -0.0929. The molecule has 0 aliphatic carbocycles. The highest BCUT2D eigenvalue weighted by atomic mass is 16.6. The molecule has 1 heterocycles. The first-order valence-corrected chi connectivity index (χ1v) is 5.71. The Morgan fingerprint density at radius 1 is 1.56 bits per heavy atom. The van der Waals surface area contributed by atoms with E-state index in [0.717, 1.165) is 13.0 Å². The van der Waals surface area contributed by atoms with Gasteiger partial charge in [-0.05, 0) is 20.0 Å². The lowest BCUT2D eigenvalue weighted by Crippen LogP contribution is -2.27. The molecule has 0 unspecified atom stereocenters. The zero-order valence-electron chi connectivity index (χ0n) is 10.3. The van der Waals surface area contributed by atoms with Gasteiger partial charge in [0.25, 0.3) is 0 Å². The molecule has 0 atom stereocenters. The molecule has 1 amide bonds. The van der Waals surface area contributed by atoms with Gasteiger partial charge in [0.15, 0.2) is 0 Å². The minimum absolute atomic E-state index is 0.0653. The lowest BCUT2D eigenvalue weighted by molar-refractivity contribution is -0.385. The highest BCUT2D eigenvalue weighted by Gasteiger charge is 2.09. The summed E-state index contributed by atoms with van der Waals surface area (Å²) in [6, 6.07) is 0. The smallest absolute Gasteiger partial charge is 0.306 e. The zero-order valence-corrected chi connectivity index (χ0v) is 10.3. The minimum Gasteiger partial charge on any atom is -0.356 e. The number of carbonyl (C=O) groups is 1. The van der Waals surface area contributed by atoms with Crippen LogP contribution in [0, 0.1) is 10.1 Å². The molecule has 2 N–H and O–H groups in total. The molecule has 1 aromatic heterocycles. The Balaban J connectivity index is 2.23. The summed E-state index contributed by atoms with van der Waals surface area (Å²) in [5.41, 5.74) is -0.0653. The third kappa shape index (κ3) is 4.91. The van der Waals surface area contributed by atoms with Gasteiger partial charge in [0.2, 0.25) is 5.91 Å². The SMILES string of the molecule is CNCCCNC(=O)CCn1cc([N+](=O)[O-])cn1. The average Bonchev–Trinajstić information content (AvgIpc) is 2.81. The number of nitrogens with zero attached hydrogens (tertiary/aromatic N) is 3. The van der Waals surface area contributed by atoms with Crippen molar-refractivity contribution in [1.82, 2.24) is 20.4 Å². The van der Waals surface area contributed by atoms with E-state index in [-0.39, 0.29) is 18.0 Å². The topological polar surface area (TPSA) is 102 Å². The molecule has 1 aromatic rings. The summed E-state index contributed by atoms with van der Waals surface area (Å²) < 4.78 is 1.39. The Morgan fingerprint density at radius 2 is 2.33 bits per heavy atom. The van der Waals surface area contributed by atoms with Gasteiger partial charge in [0.1, 0.15) is 12.4 Å². The van der Waals surface area contributed by atoms with E-state index in [1.807, 2.05) is 7.05 Å². The summed E-state index contributed by atoms with van der Waals surface area (Å²) in [7, 11) is 1.85. The van der Waals surface area contributed by atoms with Gasteiger partial charge >= 0.3 is 5.69 Å². The summed E-state index contributed by atoms with van der Waals surface area (Å²) >= 11 is 0. The van der Waals surface area contributed by atoms with Gasteiger partial charge in [0.05, 0.1) is 4.92 Å². The van der Waals surface area contributed by atoms with Crippen LogP contribution in [0.2, 0.25) is 0 Å². The third-order valence-electron chi connectivity index (χ3n) is 2.32. The van der Waals surface area contributed by atoms with E-state index in [1.54, 1.807) is 0 Å². The Bertz CT molecular complexity index is 404. The van der Waals surface area contributed by atoms with Crippen LogP contribution >= 0.6 is 0 Å². The largest absolute Gasteiger partial charge is 0.356 e. The number of aryl methyl sites for hydroxylation is 1. The number of carbonyl (C=O) groups excluding carboxylic acids is 1. The first kappa shape index (κ1) is 14.1. The second kappa shape index (κ2) is 7.38. The standard InChI is InChI=1S/C10H17N5O3/c1-11-4-2-5-12-10(16)3-6-14-8-9(7-13-14)15(17)18/h7-8,11H,2-6H2,1H3,(H,12,16). The number of nitrogens with one attached hydrogen (secondary N) is 2. The molecule has 0 saturated heterocycles. The first-order valence-electron chi connectivity index (χ1n) is 5.71. The molecule has 0 aromatic carbocycles. The molecular formula is C10H17N5O3. The number of nitro groups is 1. The predicted molar refractivity (Wildman–Crippen MR) is 65.1 cm³/mol. The molecule has 0 fully saturated rings. The van der Waals surface area contributed by atoms with Crippen molar-refractivity contribution in [1.29, 1.82) is 0 Å². The van der Waals surface area contributed by atoms with Crippen molar-refractivity contribution in [3.63, 3.8) is 0 Å². The van der Waals surface area contributed by atoms with Crippen LogP contribution in [0.1, 0.15) is 12.8 Å².